The number of hydrogen-bond acceptors (Lipinski definition) is 5. The second-order valence-corrected chi connectivity index (χ2v) is 10.0. The Morgan fingerprint density at radius 3 is 2.66 bits per heavy atom. The van der Waals surface area contributed by atoms with Gasteiger partial charge in [-0.15, -0.1) is 0 Å². The monoisotopic (exact) mass is 470 g/mol. The summed E-state index contributed by atoms with van der Waals surface area (Å²) in [6, 6.07) is 14.9. The van der Waals surface area contributed by atoms with Gasteiger partial charge in [0.05, 0.1) is 12.8 Å². The van der Waals surface area contributed by atoms with Crippen LogP contribution in [0.25, 0.3) is 0 Å². The summed E-state index contributed by atoms with van der Waals surface area (Å²) in [5, 5.41) is 11.0. The summed E-state index contributed by atoms with van der Waals surface area (Å²) in [6.07, 6.45) is 2.72. The van der Waals surface area contributed by atoms with E-state index in [1.54, 1.807) is 10.9 Å². The molecule has 1 amide bonds. The van der Waals surface area contributed by atoms with Gasteiger partial charge >= 0.3 is 0 Å². The number of hydrogen-bond donors (Lipinski definition) is 2. The second-order valence-electron chi connectivity index (χ2n) is 10.0. The summed E-state index contributed by atoms with van der Waals surface area (Å²) < 4.78 is 7.68. The van der Waals surface area contributed by atoms with Gasteiger partial charge in [-0.2, -0.15) is 5.10 Å². The number of carbonyl (C=O) groups is 2. The number of ketones is 1. The Hall–Kier alpha value is -3.87. The third kappa shape index (κ3) is 4.22. The molecule has 0 fully saturated rings. The third-order valence-corrected chi connectivity index (χ3v) is 6.57. The number of aromatic nitrogens is 2. The largest absolute Gasteiger partial charge is 0.494 e. The van der Waals surface area contributed by atoms with Gasteiger partial charge in [0.1, 0.15) is 23.2 Å². The van der Waals surface area contributed by atoms with Crippen LogP contribution in [0.2, 0.25) is 0 Å². The molecule has 1 atom stereocenters. The quantitative estimate of drug-likeness (QED) is 0.514. The molecule has 5 rings (SSSR count). The van der Waals surface area contributed by atoms with E-state index in [1.165, 1.54) is 0 Å². The van der Waals surface area contributed by atoms with E-state index in [-0.39, 0.29) is 17.1 Å². The molecule has 1 aliphatic carbocycles. The Morgan fingerprint density at radius 1 is 1.17 bits per heavy atom. The average molecular weight is 471 g/mol. The number of Topliss-reactive ketones (excluding diaryl/α,β-unsaturated/α-hetero) is 1. The Morgan fingerprint density at radius 2 is 1.91 bits per heavy atom. The zero-order valence-corrected chi connectivity index (χ0v) is 20.5. The smallest absolute Gasteiger partial charge is 0.261 e. The number of anilines is 2. The first kappa shape index (κ1) is 22.9. The van der Waals surface area contributed by atoms with Crippen molar-refractivity contribution in [2.75, 3.05) is 17.2 Å². The molecule has 3 aromatic rings. The summed E-state index contributed by atoms with van der Waals surface area (Å²) >= 11 is 0. The highest BCUT2D eigenvalue weighted by Gasteiger charge is 2.43. The zero-order valence-electron chi connectivity index (χ0n) is 20.5. The van der Waals surface area contributed by atoms with Gasteiger partial charge in [0, 0.05) is 28.9 Å². The first-order chi connectivity index (χ1) is 16.8. The fourth-order valence-corrected chi connectivity index (χ4v) is 4.99. The normalized spacial score (nSPS) is 18.4. The molecule has 0 saturated carbocycles. The van der Waals surface area contributed by atoms with Crippen LogP contribution in [0.3, 0.4) is 0 Å². The number of aryl methyl sites for hydroxylation is 1. The van der Waals surface area contributed by atoms with E-state index in [9.17, 15) is 9.59 Å². The van der Waals surface area contributed by atoms with Crippen molar-refractivity contribution < 1.29 is 14.3 Å². The molecule has 1 aromatic heterocycles. The maximum Gasteiger partial charge on any atom is 0.261 e. The van der Waals surface area contributed by atoms with E-state index in [4.69, 9.17) is 4.74 Å². The lowest BCUT2D eigenvalue weighted by atomic mass is 9.73. The van der Waals surface area contributed by atoms with Gasteiger partial charge in [-0.25, -0.2) is 4.68 Å². The number of para-hydroxylation sites is 1. The molecule has 0 bridgehead atoms. The van der Waals surface area contributed by atoms with Gasteiger partial charge in [-0.1, -0.05) is 49.7 Å². The lowest BCUT2D eigenvalue weighted by Gasteiger charge is -2.39. The van der Waals surface area contributed by atoms with Crippen molar-refractivity contribution in [2.24, 2.45) is 5.41 Å². The molecule has 0 saturated heterocycles. The number of rotatable bonds is 5. The summed E-state index contributed by atoms with van der Waals surface area (Å²) in [6.45, 7) is 8.63. The van der Waals surface area contributed by atoms with Crippen LogP contribution < -0.4 is 15.4 Å². The van der Waals surface area contributed by atoms with Gasteiger partial charge in [0.25, 0.3) is 5.91 Å². The highest BCUT2D eigenvalue weighted by Crippen LogP contribution is 2.47. The molecule has 7 heteroatoms. The second kappa shape index (κ2) is 8.73. The Balaban J connectivity index is 1.61. The van der Waals surface area contributed by atoms with E-state index in [2.05, 4.69) is 29.6 Å². The van der Waals surface area contributed by atoms with Crippen LogP contribution in [0.4, 0.5) is 11.5 Å². The van der Waals surface area contributed by atoms with E-state index in [1.807, 2.05) is 62.4 Å². The van der Waals surface area contributed by atoms with E-state index in [0.29, 0.717) is 47.8 Å². The molecule has 35 heavy (non-hydrogen) atoms. The molecule has 2 N–H and O–H groups in total. The maximum absolute atomic E-state index is 13.5. The van der Waals surface area contributed by atoms with Crippen molar-refractivity contribution >= 4 is 23.2 Å². The number of allylic oxidation sites excluding steroid dienone is 2. The SMILES string of the molecule is CCOc1ccccc1[C@H]1C2=C(CC(C)(C)CC2=O)Nc2c(C(=O)Nc3ccc(C)cc3)cnn21. The molecule has 2 aliphatic rings. The molecule has 180 valence electrons. The number of carbonyl (C=O) groups excluding carboxylic acids is 2. The third-order valence-electron chi connectivity index (χ3n) is 6.57. The fourth-order valence-electron chi connectivity index (χ4n) is 4.99. The first-order valence-electron chi connectivity index (χ1n) is 12.0. The molecule has 0 unspecified atom stereocenters. The minimum Gasteiger partial charge on any atom is -0.494 e. The summed E-state index contributed by atoms with van der Waals surface area (Å²) in [5.74, 6) is 1.12. The molecule has 2 aromatic carbocycles. The standard InChI is InChI=1S/C28H30N4O3/c1-5-35-23-9-7-6-8-19(23)25-24-21(14-28(3,4)15-22(24)33)31-26-20(16-29-32(25)26)27(34)30-18-12-10-17(2)11-13-18/h6-13,16,25,31H,5,14-15H2,1-4H3,(H,30,34)/t25-/m0/s1. The topological polar surface area (TPSA) is 85.2 Å². The van der Waals surface area contributed by atoms with Crippen molar-refractivity contribution in [1.82, 2.24) is 9.78 Å². The van der Waals surface area contributed by atoms with Gasteiger partial charge in [0.15, 0.2) is 5.78 Å². The minimum atomic E-state index is -0.478. The van der Waals surface area contributed by atoms with Crippen molar-refractivity contribution in [2.45, 2.75) is 46.6 Å². The van der Waals surface area contributed by atoms with Crippen molar-refractivity contribution in [3.05, 3.63) is 82.7 Å². The number of amides is 1. The minimum absolute atomic E-state index is 0.0897. The number of ether oxygens (including phenoxy) is 1. The van der Waals surface area contributed by atoms with Crippen LogP contribution >= 0.6 is 0 Å². The van der Waals surface area contributed by atoms with Gasteiger partial charge in [-0.3, -0.25) is 9.59 Å². The van der Waals surface area contributed by atoms with Crippen molar-refractivity contribution in [1.29, 1.82) is 0 Å². The highest BCUT2D eigenvalue weighted by atomic mass is 16.5. The van der Waals surface area contributed by atoms with Gasteiger partial charge < -0.3 is 15.4 Å². The molecule has 0 spiro atoms. The summed E-state index contributed by atoms with van der Waals surface area (Å²) in [4.78, 5) is 26.7. The van der Waals surface area contributed by atoms with E-state index < -0.39 is 6.04 Å². The Kier molecular flexibility index (Phi) is 5.71. The number of nitrogens with zero attached hydrogens (tertiary/aromatic N) is 2. The van der Waals surface area contributed by atoms with E-state index >= 15 is 0 Å². The lowest BCUT2D eigenvalue weighted by molar-refractivity contribution is -0.118. The van der Waals surface area contributed by atoms with E-state index in [0.717, 1.165) is 16.8 Å². The summed E-state index contributed by atoms with van der Waals surface area (Å²) in [7, 11) is 0. The van der Waals surface area contributed by atoms with Gasteiger partial charge in [0.2, 0.25) is 0 Å². The van der Waals surface area contributed by atoms with Crippen LogP contribution in [0, 0.1) is 12.3 Å². The molecular weight excluding hydrogens is 440 g/mol. The Bertz CT molecular complexity index is 1330. The van der Waals surface area contributed by atoms with Crippen LogP contribution in [0.1, 0.15) is 61.1 Å². The fraction of sp³-hybridized carbons (Fsp3) is 0.321. The average Bonchev–Trinajstić information content (AvgIpc) is 3.23. The molecule has 7 nitrogen and oxygen atoms in total. The predicted octanol–water partition coefficient (Wildman–Crippen LogP) is 5.50. The van der Waals surface area contributed by atoms with Crippen LogP contribution in [-0.4, -0.2) is 28.1 Å². The number of benzene rings is 2. The van der Waals surface area contributed by atoms with Crippen LogP contribution in [0.15, 0.2) is 66.0 Å². The van der Waals surface area contributed by atoms with Crippen LogP contribution in [0.5, 0.6) is 5.75 Å². The first-order valence-corrected chi connectivity index (χ1v) is 12.0. The number of fused-ring (bicyclic) bond motifs is 1. The molecule has 1 aliphatic heterocycles. The zero-order chi connectivity index (χ0) is 24.7. The molecule has 0 radical (unpaired) electrons. The highest BCUT2D eigenvalue weighted by molar-refractivity contribution is 6.08. The molecular formula is C28H30N4O3. The summed E-state index contributed by atoms with van der Waals surface area (Å²) in [5.41, 5.74) is 4.46. The maximum atomic E-state index is 13.5. The lowest BCUT2D eigenvalue weighted by Crippen LogP contribution is -2.37. The van der Waals surface area contributed by atoms with Crippen molar-refractivity contribution in [3.63, 3.8) is 0 Å². The predicted molar refractivity (Wildman–Crippen MR) is 136 cm³/mol. The number of nitrogens with one attached hydrogen (secondary N) is 2. The van der Waals surface area contributed by atoms with Crippen LogP contribution in [-0.2, 0) is 4.79 Å². The van der Waals surface area contributed by atoms with Crippen molar-refractivity contribution in [3.8, 4) is 5.75 Å². The van der Waals surface area contributed by atoms with Gasteiger partial charge in [-0.05, 0) is 43.9 Å². The molecule has 2 heterocycles. The Labute approximate surface area is 205 Å².